The average molecular weight is 292 g/mol. The number of aromatic nitrogens is 2. The van der Waals surface area contributed by atoms with E-state index in [1.807, 2.05) is 13.8 Å². The first-order chi connectivity index (χ1) is 9.99. The minimum Gasteiger partial charge on any atom is -0.464 e. The number of hydrogen-bond donors (Lipinski definition) is 1. The van der Waals surface area contributed by atoms with Crippen molar-refractivity contribution in [3.63, 3.8) is 0 Å². The lowest BCUT2D eigenvalue weighted by Crippen LogP contribution is -2.07. The normalized spacial score (nSPS) is 11.0. The molecule has 2 aromatic rings. The van der Waals surface area contributed by atoms with E-state index in [4.69, 9.17) is 4.74 Å². The van der Waals surface area contributed by atoms with E-state index in [0.717, 1.165) is 0 Å². The topological polar surface area (TPSA) is 64.3 Å². The van der Waals surface area contributed by atoms with Gasteiger partial charge in [0.15, 0.2) is 5.69 Å². The Morgan fingerprint density at radius 2 is 2.00 bits per heavy atom. The number of ether oxygens (including phenoxy) is 1. The molecule has 1 N–H and O–H groups in total. The average Bonchev–Trinajstić information content (AvgIpc) is 2.86. The maximum absolute atomic E-state index is 13.0. The summed E-state index contributed by atoms with van der Waals surface area (Å²) in [5, 5.41) is 13.9. The number of nitrogens with zero attached hydrogens (tertiary/aromatic N) is 2. The van der Waals surface area contributed by atoms with Crippen molar-refractivity contribution >= 4 is 5.97 Å². The molecule has 0 aliphatic rings. The van der Waals surface area contributed by atoms with Gasteiger partial charge >= 0.3 is 5.97 Å². The number of aliphatic hydroxyl groups is 1. The minimum atomic E-state index is -0.561. The smallest absolute Gasteiger partial charge is 0.358 e. The molecule has 21 heavy (non-hydrogen) atoms. The second kappa shape index (κ2) is 6.05. The molecule has 0 bridgehead atoms. The monoisotopic (exact) mass is 292 g/mol. The molecule has 2 rings (SSSR count). The molecule has 0 aliphatic carbocycles. The Kier molecular flexibility index (Phi) is 4.37. The molecule has 0 atom stereocenters. The zero-order valence-corrected chi connectivity index (χ0v) is 12.1. The van der Waals surface area contributed by atoms with E-state index in [1.54, 1.807) is 0 Å². The second-order valence-electron chi connectivity index (χ2n) is 4.90. The molecule has 112 valence electrons. The number of esters is 1. The fraction of sp³-hybridized carbons (Fsp3) is 0.333. The van der Waals surface area contributed by atoms with Crippen molar-refractivity contribution in [1.82, 2.24) is 9.78 Å². The number of rotatable bonds is 4. The maximum atomic E-state index is 13.0. The molecule has 1 aromatic carbocycles. The van der Waals surface area contributed by atoms with Crippen molar-refractivity contribution in [3.05, 3.63) is 47.0 Å². The molecule has 0 aliphatic heterocycles. The summed E-state index contributed by atoms with van der Waals surface area (Å²) < 4.78 is 19.2. The van der Waals surface area contributed by atoms with E-state index in [-0.39, 0.29) is 24.0 Å². The first-order valence-corrected chi connectivity index (χ1v) is 6.56. The number of aliphatic hydroxyl groups excluding tert-OH is 1. The van der Waals surface area contributed by atoms with E-state index in [2.05, 4.69) is 5.10 Å². The predicted octanol–water partition coefficient (Wildman–Crippen LogP) is 2.41. The molecular formula is C15H17FN2O3. The molecule has 0 radical (unpaired) electrons. The van der Waals surface area contributed by atoms with Crippen LogP contribution in [0.1, 0.15) is 41.5 Å². The lowest BCUT2D eigenvalue weighted by atomic mass is 10.0. The Morgan fingerprint density at radius 1 is 1.38 bits per heavy atom. The van der Waals surface area contributed by atoms with Gasteiger partial charge in [0.05, 0.1) is 25.1 Å². The SMILES string of the molecule is COC(=O)c1nn(-c2ccc(F)cc2)c(CO)c1C(C)C. The molecule has 0 saturated carbocycles. The molecule has 0 saturated heterocycles. The summed E-state index contributed by atoms with van der Waals surface area (Å²) in [4.78, 5) is 11.9. The van der Waals surface area contributed by atoms with Crippen molar-refractivity contribution in [3.8, 4) is 5.69 Å². The van der Waals surface area contributed by atoms with Crippen molar-refractivity contribution in [2.45, 2.75) is 26.4 Å². The lowest BCUT2D eigenvalue weighted by Gasteiger charge is -2.09. The second-order valence-corrected chi connectivity index (χ2v) is 4.90. The van der Waals surface area contributed by atoms with Gasteiger partial charge in [0.2, 0.25) is 0 Å². The first-order valence-electron chi connectivity index (χ1n) is 6.56. The zero-order valence-electron chi connectivity index (χ0n) is 12.1. The Labute approximate surface area is 122 Å². The van der Waals surface area contributed by atoms with E-state index >= 15 is 0 Å². The highest BCUT2D eigenvalue weighted by Gasteiger charge is 2.25. The van der Waals surface area contributed by atoms with Crippen LogP contribution in [0.5, 0.6) is 0 Å². The van der Waals surface area contributed by atoms with Gasteiger partial charge in [-0.05, 0) is 30.2 Å². The lowest BCUT2D eigenvalue weighted by molar-refractivity contribution is 0.0592. The number of carbonyl (C=O) groups excluding carboxylic acids is 1. The van der Waals surface area contributed by atoms with E-state index in [0.29, 0.717) is 16.9 Å². The van der Waals surface area contributed by atoms with Crippen LogP contribution in [0.3, 0.4) is 0 Å². The summed E-state index contributed by atoms with van der Waals surface area (Å²) in [6, 6.07) is 5.66. The predicted molar refractivity (Wildman–Crippen MR) is 74.9 cm³/mol. The summed E-state index contributed by atoms with van der Waals surface area (Å²) in [5.74, 6) is -0.946. The molecule has 0 unspecified atom stereocenters. The van der Waals surface area contributed by atoms with Gasteiger partial charge in [0, 0.05) is 5.56 Å². The molecule has 5 nitrogen and oxygen atoms in total. The van der Waals surface area contributed by atoms with Crippen LogP contribution < -0.4 is 0 Å². The summed E-state index contributed by atoms with van der Waals surface area (Å²) in [6.07, 6.45) is 0. The minimum absolute atomic E-state index is 0.0181. The molecule has 6 heteroatoms. The van der Waals surface area contributed by atoms with Gasteiger partial charge in [-0.1, -0.05) is 13.8 Å². The van der Waals surface area contributed by atoms with E-state index in [9.17, 15) is 14.3 Å². The fourth-order valence-corrected chi connectivity index (χ4v) is 2.27. The highest BCUT2D eigenvalue weighted by Crippen LogP contribution is 2.27. The third-order valence-electron chi connectivity index (χ3n) is 3.20. The van der Waals surface area contributed by atoms with E-state index < -0.39 is 5.97 Å². The van der Waals surface area contributed by atoms with Crippen LogP contribution in [0.2, 0.25) is 0 Å². The third-order valence-corrected chi connectivity index (χ3v) is 3.20. The standard InChI is InChI=1S/C15H17FN2O3/c1-9(2)13-12(8-19)18(17-14(13)15(20)21-3)11-6-4-10(16)5-7-11/h4-7,9,19H,8H2,1-3H3. The summed E-state index contributed by atoms with van der Waals surface area (Å²) in [7, 11) is 1.28. The Morgan fingerprint density at radius 3 is 2.48 bits per heavy atom. The van der Waals surface area contributed by atoms with Gasteiger partial charge in [-0.25, -0.2) is 13.9 Å². The highest BCUT2D eigenvalue weighted by molar-refractivity contribution is 5.89. The number of methoxy groups -OCH3 is 1. The van der Waals surface area contributed by atoms with Crippen molar-refractivity contribution in [2.75, 3.05) is 7.11 Å². The van der Waals surface area contributed by atoms with Crippen LogP contribution in [0.15, 0.2) is 24.3 Å². The van der Waals surface area contributed by atoms with Crippen LogP contribution in [0.25, 0.3) is 5.69 Å². The number of benzene rings is 1. The van der Waals surface area contributed by atoms with Crippen LogP contribution in [-0.4, -0.2) is 28.0 Å². The quantitative estimate of drug-likeness (QED) is 0.879. The Bertz CT molecular complexity index is 648. The van der Waals surface area contributed by atoms with Gasteiger partial charge in [-0.3, -0.25) is 0 Å². The molecule has 0 fully saturated rings. The summed E-state index contributed by atoms with van der Waals surface area (Å²) >= 11 is 0. The van der Waals surface area contributed by atoms with Crippen molar-refractivity contribution < 1.29 is 19.0 Å². The first kappa shape index (κ1) is 15.2. The van der Waals surface area contributed by atoms with Crippen LogP contribution in [0.4, 0.5) is 4.39 Å². The molecule has 1 heterocycles. The van der Waals surface area contributed by atoms with Crippen LogP contribution in [0, 0.1) is 5.82 Å². The van der Waals surface area contributed by atoms with Crippen LogP contribution >= 0.6 is 0 Å². The van der Waals surface area contributed by atoms with Crippen LogP contribution in [-0.2, 0) is 11.3 Å². The van der Waals surface area contributed by atoms with Gasteiger partial charge in [0.25, 0.3) is 0 Å². The molecule has 0 spiro atoms. The molecule has 1 aromatic heterocycles. The van der Waals surface area contributed by atoms with E-state index in [1.165, 1.54) is 36.1 Å². The number of carbonyl (C=O) groups is 1. The summed E-state index contributed by atoms with van der Waals surface area (Å²) in [5.41, 5.74) is 1.86. The van der Waals surface area contributed by atoms with Gasteiger partial charge in [0.1, 0.15) is 5.82 Å². The van der Waals surface area contributed by atoms with Gasteiger partial charge in [-0.2, -0.15) is 5.10 Å². The van der Waals surface area contributed by atoms with Crippen molar-refractivity contribution in [1.29, 1.82) is 0 Å². The Balaban J connectivity index is 2.66. The van der Waals surface area contributed by atoms with Gasteiger partial charge < -0.3 is 9.84 Å². The number of hydrogen-bond acceptors (Lipinski definition) is 4. The summed E-state index contributed by atoms with van der Waals surface area (Å²) in [6.45, 7) is 3.52. The molecular weight excluding hydrogens is 275 g/mol. The highest BCUT2D eigenvalue weighted by atomic mass is 19.1. The molecule has 0 amide bonds. The maximum Gasteiger partial charge on any atom is 0.358 e. The largest absolute Gasteiger partial charge is 0.464 e. The van der Waals surface area contributed by atoms with Crippen molar-refractivity contribution in [2.24, 2.45) is 0 Å². The fourth-order valence-electron chi connectivity index (χ4n) is 2.27. The number of halogens is 1. The van der Waals surface area contributed by atoms with Gasteiger partial charge in [-0.15, -0.1) is 0 Å². The zero-order chi connectivity index (χ0) is 15.6. The Hall–Kier alpha value is -2.21. The third kappa shape index (κ3) is 2.80.